The Morgan fingerprint density at radius 3 is 2.49 bits per heavy atom. The van der Waals surface area contributed by atoms with Gasteiger partial charge in [0.15, 0.2) is 0 Å². The first kappa shape index (κ1) is 25.1. The van der Waals surface area contributed by atoms with Gasteiger partial charge in [0.05, 0.1) is 11.1 Å². The molecule has 3 nitrogen and oxygen atoms in total. The summed E-state index contributed by atoms with van der Waals surface area (Å²) in [5.74, 6) is 2.06. The third kappa shape index (κ3) is 4.43. The second kappa shape index (κ2) is 10.1. The highest BCUT2D eigenvalue weighted by Crippen LogP contribution is 2.65. The minimum atomic E-state index is -0.208. The van der Waals surface area contributed by atoms with Gasteiger partial charge >= 0.3 is 0 Å². The van der Waals surface area contributed by atoms with Crippen LogP contribution in [0.3, 0.4) is 0 Å². The molecule has 2 N–H and O–H groups in total. The van der Waals surface area contributed by atoms with Crippen LogP contribution < -0.4 is 0 Å². The second-order valence-electron chi connectivity index (χ2n) is 11.6. The van der Waals surface area contributed by atoms with Gasteiger partial charge in [0.1, 0.15) is 5.75 Å². The van der Waals surface area contributed by atoms with E-state index in [9.17, 15) is 10.2 Å². The van der Waals surface area contributed by atoms with E-state index in [0.29, 0.717) is 28.7 Å². The van der Waals surface area contributed by atoms with Crippen LogP contribution in [0.2, 0.25) is 5.02 Å². The summed E-state index contributed by atoms with van der Waals surface area (Å²) in [4.78, 5) is 2.49. The van der Waals surface area contributed by atoms with E-state index < -0.39 is 0 Å². The van der Waals surface area contributed by atoms with Crippen molar-refractivity contribution in [1.82, 2.24) is 4.90 Å². The first-order valence-electron chi connectivity index (χ1n) is 13.9. The summed E-state index contributed by atoms with van der Waals surface area (Å²) in [6.45, 7) is 10.2. The molecule has 6 atom stereocenters. The number of phenolic OH excluding ortho intramolecular Hbond substituents is 1. The van der Waals surface area contributed by atoms with E-state index in [1.807, 2.05) is 0 Å². The maximum Gasteiger partial charge on any atom is 0.134 e. The number of halogens is 1. The summed E-state index contributed by atoms with van der Waals surface area (Å²) in [5, 5.41) is 21.9. The molecule has 2 saturated carbocycles. The number of nitrogens with zero attached hydrogens (tertiary/aromatic N) is 1. The maximum atomic E-state index is 11.1. The molecule has 0 bridgehead atoms. The molecule has 3 aliphatic carbocycles. The molecule has 0 spiro atoms. The third-order valence-electron chi connectivity index (χ3n) is 10.0. The van der Waals surface area contributed by atoms with Gasteiger partial charge in [-0.15, -0.1) is 0 Å². The molecule has 0 heterocycles. The van der Waals surface area contributed by atoms with Crippen molar-refractivity contribution in [3.05, 3.63) is 63.7 Å². The van der Waals surface area contributed by atoms with Crippen molar-refractivity contribution in [2.24, 2.45) is 17.3 Å². The molecule has 0 unspecified atom stereocenters. The molecule has 5 rings (SSSR count). The zero-order chi connectivity index (χ0) is 24.7. The fourth-order valence-electron chi connectivity index (χ4n) is 8.02. The van der Waals surface area contributed by atoms with Crippen molar-refractivity contribution in [3.63, 3.8) is 0 Å². The molecule has 0 amide bonds. The highest BCUT2D eigenvalue weighted by Gasteiger charge is 2.57. The summed E-state index contributed by atoms with van der Waals surface area (Å²) >= 11 is 6.62. The van der Waals surface area contributed by atoms with Crippen LogP contribution in [0.25, 0.3) is 0 Å². The monoisotopic (exact) mass is 495 g/mol. The third-order valence-corrected chi connectivity index (χ3v) is 10.4. The van der Waals surface area contributed by atoms with Gasteiger partial charge in [0.2, 0.25) is 0 Å². The zero-order valence-corrected chi connectivity index (χ0v) is 22.4. The molecular formula is C31H42ClNO2. The van der Waals surface area contributed by atoms with Gasteiger partial charge in [0, 0.05) is 0 Å². The lowest BCUT2D eigenvalue weighted by molar-refractivity contribution is -0.0322. The normalized spacial score (nSPS) is 31.8. The fourth-order valence-corrected chi connectivity index (χ4v) is 8.28. The van der Waals surface area contributed by atoms with Crippen LogP contribution >= 0.6 is 11.6 Å². The van der Waals surface area contributed by atoms with Gasteiger partial charge in [-0.1, -0.05) is 62.7 Å². The predicted octanol–water partition coefficient (Wildman–Crippen LogP) is 6.93. The van der Waals surface area contributed by atoms with Crippen molar-refractivity contribution in [3.8, 4) is 5.75 Å². The van der Waals surface area contributed by atoms with Gasteiger partial charge in [0.25, 0.3) is 0 Å². The Morgan fingerprint density at radius 1 is 1.03 bits per heavy atom. The summed E-state index contributed by atoms with van der Waals surface area (Å²) in [6, 6.07) is 13.3. The molecule has 2 aromatic rings. The average molecular weight is 496 g/mol. The van der Waals surface area contributed by atoms with E-state index in [4.69, 9.17) is 11.6 Å². The Bertz CT molecular complexity index is 1030. The Morgan fingerprint density at radius 2 is 1.77 bits per heavy atom. The van der Waals surface area contributed by atoms with Gasteiger partial charge in [-0.3, -0.25) is 0 Å². The van der Waals surface area contributed by atoms with E-state index >= 15 is 0 Å². The summed E-state index contributed by atoms with van der Waals surface area (Å²) < 4.78 is 0. The topological polar surface area (TPSA) is 43.7 Å². The molecule has 190 valence electrons. The Hall–Kier alpha value is -1.55. The first-order valence-corrected chi connectivity index (χ1v) is 14.2. The number of rotatable bonds is 7. The number of aromatic hydroxyl groups is 1. The maximum absolute atomic E-state index is 11.1. The number of phenols is 1. The lowest BCUT2D eigenvalue weighted by Gasteiger charge is -2.54. The largest absolute Gasteiger partial charge is 0.506 e. The number of hydrogen-bond acceptors (Lipinski definition) is 3. The SMILES string of the molecule is CCN(CC)CCCc1ccc([C@H]2C[C@]3(C)[C@@H](O)CC[C@H]3[C@@H]3CCc4c(ccc(O)c4Cl)[C@H]32)cc1. The van der Waals surface area contributed by atoms with Gasteiger partial charge < -0.3 is 15.1 Å². The van der Waals surface area contributed by atoms with E-state index in [1.165, 1.54) is 23.1 Å². The van der Waals surface area contributed by atoms with Crippen molar-refractivity contribution in [1.29, 1.82) is 0 Å². The number of fused-ring (bicyclic) bond motifs is 5. The highest BCUT2D eigenvalue weighted by molar-refractivity contribution is 6.32. The molecule has 2 aromatic carbocycles. The molecule has 4 heteroatoms. The Balaban J connectivity index is 1.45. The molecule has 0 aliphatic heterocycles. The van der Waals surface area contributed by atoms with Gasteiger partial charge in [-0.25, -0.2) is 0 Å². The van der Waals surface area contributed by atoms with E-state index in [0.717, 1.165) is 63.7 Å². The van der Waals surface area contributed by atoms with Crippen molar-refractivity contribution < 1.29 is 10.2 Å². The van der Waals surface area contributed by atoms with Crippen LogP contribution in [-0.2, 0) is 12.8 Å². The molecular weight excluding hydrogens is 454 g/mol. The van der Waals surface area contributed by atoms with Crippen LogP contribution in [0.4, 0.5) is 0 Å². The smallest absolute Gasteiger partial charge is 0.134 e. The Labute approximate surface area is 216 Å². The van der Waals surface area contributed by atoms with Gasteiger partial charge in [-0.05, 0) is 122 Å². The first-order chi connectivity index (χ1) is 16.9. The fraction of sp³-hybridized carbons (Fsp3) is 0.613. The van der Waals surface area contributed by atoms with Crippen LogP contribution in [0.15, 0.2) is 36.4 Å². The number of aliphatic hydroxyl groups is 1. The number of benzene rings is 2. The zero-order valence-electron chi connectivity index (χ0n) is 21.6. The van der Waals surface area contributed by atoms with Gasteiger partial charge in [-0.2, -0.15) is 0 Å². The van der Waals surface area contributed by atoms with E-state index in [2.05, 4.69) is 56.0 Å². The number of aliphatic hydroxyl groups excluding tert-OH is 1. The summed E-state index contributed by atoms with van der Waals surface area (Å²) in [5.41, 5.74) is 5.26. The highest BCUT2D eigenvalue weighted by atomic mass is 35.5. The molecule has 0 aromatic heterocycles. The standard InChI is InChI=1S/C31H42ClNO2/c1-4-33(5-2)18-6-7-20-8-10-21(11-9-20)25-19-31(3)26(15-17-28(31)35)24-13-12-23-22(29(24)25)14-16-27(34)30(23)32/h8-11,14,16,24-26,28-29,34-35H,4-7,12-13,15,17-19H2,1-3H3/t24-,25+,26-,28-,29+,31-/m0/s1. The molecule has 2 fully saturated rings. The molecule has 0 radical (unpaired) electrons. The van der Waals surface area contributed by atoms with Crippen LogP contribution in [0.5, 0.6) is 5.75 Å². The minimum absolute atomic E-state index is 0.0213. The number of hydrogen-bond donors (Lipinski definition) is 2. The van der Waals surface area contributed by atoms with Crippen molar-refractivity contribution in [2.45, 2.75) is 83.7 Å². The van der Waals surface area contributed by atoms with Crippen molar-refractivity contribution in [2.75, 3.05) is 19.6 Å². The molecule has 3 aliphatic rings. The lowest BCUT2D eigenvalue weighted by atomic mass is 9.51. The van der Waals surface area contributed by atoms with Crippen LogP contribution in [0.1, 0.15) is 87.0 Å². The predicted molar refractivity (Wildman–Crippen MR) is 144 cm³/mol. The summed E-state index contributed by atoms with van der Waals surface area (Å²) in [7, 11) is 0. The average Bonchev–Trinajstić information content (AvgIpc) is 3.18. The Kier molecular flexibility index (Phi) is 7.23. The number of aryl methyl sites for hydroxylation is 1. The summed E-state index contributed by atoms with van der Waals surface area (Å²) in [6.07, 6.45) is 7.17. The minimum Gasteiger partial charge on any atom is -0.506 e. The molecule has 0 saturated heterocycles. The van der Waals surface area contributed by atoms with E-state index in [1.54, 1.807) is 6.07 Å². The van der Waals surface area contributed by atoms with E-state index in [-0.39, 0.29) is 17.3 Å². The van der Waals surface area contributed by atoms with Crippen LogP contribution in [0, 0.1) is 17.3 Å². The van der Waals surface area contributed by atoms with Crippen molar-refractivity contribution >= 4 is 11.6 Å². The molecule has 35 heavy (non-hydrogen) atoms. The quantitative estimate of drug-likeness (QED) is 0.437. The lowest BCUT2D eigenvalue weighted by Crippen LogP contribution is -2.47. The van der Waals surface area contributed by atoms with Crippen LogP contribution in [-0.4, -0.2) is 40.9 Å². The second-order valence-corrected chi connectivity index (χ2v) is 12.0.